The summed E-state index contributed by atoms with van der Waals surface area (Å²) in [5.41, 5.74) is 1.39. The molecule has 0 aliphatic carbocycles. The van der Waals surface area contributed by atoms with Crippen molar-refractivity contribution in [3.8, 4) is 5.75 Å². The first-order chi connectivity index (χ1) is 11.5. The molecule has 1 fully saturated rings. The number of aliphatic imine (C=N–C) groups is 1. The summed E-state index contributed by atoms with van der Waals surface area (Å²) in [5.74, 6) is 2.53. The minimum absolute atomic E-state index is 0.176. The van der Waals surface area contributed by atoms with Gasteiger partial charge in [-0.2, -0.15) is 11.8 Å². The van der Waals surface area contributed by atoms with Crippen molar-refractivity contribution in [2.24, 2.45) is 4.99 Å². The Balaban J connectivity index is 2.03. The molecule has 1 aliphatic heterocycles. The molecular weight excluding hydrogens is 318 g/mol. The smallest absolute Gasteiger partial charge is 0.193 e. The van der Waals surface area contributed by atoms with Gasteiger partial charge in [0.2, 0.25) is 0 Å². The molecule has 1 aliphatic rings. The van der Waals surface area contributed by atoms with Gasteiger partial charge in [-0.1, -0.05) is 12.1 Å². The van der Waals surface area contributed by atoms with Crippen LogP contribution in [0.2, 0.25) is 0 Å². The van der Waals surface area contributed by atoms with Crippen LogP contribution in [-0.2, 0) is 0 Å². The van der Waals surface area contributed by atoms with E-state index in [1.807, 2.05) is 11.8 Å². The van der Waals surface area contributed by atoms with E-state index in [0.29, 0.717) is 5.92 Å². The van der Waals surface area contributed by atoms with E-state index in [2.05, 4.69) is 61.5 Å². The first-order valence-corrected chi connectivity index (χ1v) is 9.94. The number of thioether (sulfide) groups is 1. The van der Waals surface area contributed by atoms with Crippen molar-refractivity contribution in [1.82, 2.24) is 10.2 Å². The van der Waals surface area contributed by atoms with Crippen LogP contribution >= 0.6 is 11.8 Å². The molecule has 0 bridgehead atoms. The summed E-state index contributed by atoms with van der Waals surface area (Å²) in [6, 6.07) is 8.48. The van der Waals surface area contributed by atoms with Crippen molar-refractivity contribution in [2.75, 3.05) is 39.5 Å². The van der Waals surface area contributed by atoms with Crippen LogP contribution in [0.1, 0.15) is 38.7 Å². The average Bonchev–Trinajstić information content (AvgIpc) is 3.08. The van der Waals surface area contributed by atoms with E-state index in [0.717, 1.165) is 37.9 Å². The minimum Gasteiger partial charge on any atom is -0.497 e. The third-order valence-corrected chi connectivity index (χ3v) is 5.81. The van der Waals surface area contributed by atoms with Crippen molar-refractivity contribution >= 4 is 17.7 Å². The molecule has 134 valence electrons. The van der Waals surface area contributed by atoms with Crippen LogP contribution in [0.25, 0.3) is 0 Å². The van der Waals surface area contributed by atoms with Gasteiger partial charge >= 0.3 is 0 Å². The molecule has 0 saturated carbocycles. The van der Waals surface area contributed by atoms with Crippen molar-refractivity contribution in [1.29, 1.82) is 0 Å². The summed E-state index contributed by atoms with van der Waals surface area (Å²) in [5, 5.41) is 3.46. The second kappa shape index (κ2) is 8.65. The molecule has 0 aromatic heterocycles. The lowest BCUT2D eigenvalue weighted by Gasteiger charge is -2.25. The molecule has 2 rings (SSSR count). The van der Waals surface area contributed by atoms with Crippen LogP contribution in [0.4, 0.5) is 0 Å². The molecule has 24 heavy (non-hydrogen) atoms. The van der Waals surface area contributed by atoms with Gasteiger partial charge in [0, 0.05) is 30.3 Å². The van der Waals surface area contributed by atoms with Crippen LogP contribution in [0.5, 0.6) is 5.75 Å². The molecule has 5 heteroatoms. The van der Waals surface area contributed by atoms with Crippen molar-refractivity contribution in [3.63, 3.8) is 0 Å². The quantitative estimate of drug-likeness (QED) is 0.629. The maximum Gasteiger partial charge on any atom is 0.193 e. The number of likely N-dealkylation sites (tertiary alicyclic amines) is 1. The van der Waals surface area contributed by atoms with Crippen LogP contribution in [0.15, 0.2) is 29.3 Å². The maximum absolute atomic E-state index is 5.26. The zero-order valence-corrected chi connectivity index (χ0v) is 16.4. The highest BCUT2D eigenvalue weighted by Gasteiger charge is 2.26. The van der Waals surface area contributed by atoms with E-state index < -0.39 is 0 Å². The van der Waals surface area contributed by atoms with Gasteiger partial charge < -0.3 is 15.0 Å². The molecule has 0 radical (unpaired) electrons. The first-order valence-electron chi connectivity index (χ1n) is 8.71. The van der Waals surface area contributed by atoms with Crippen molar-refractivity contribution < 1.29 is 4.74 Å². The molecule has 1 unspecified atom stereocenters. The highest BCUT2D eigenvalue weighted by Crippen LogP contribution is 2.29. The minimum atomic E-state index is 0.176. The first kappa shape index (κ1) is 19.0. The Bertz CT molecular complexity index is 542. The predicted octanol–water partition coefficient (Wildman–Crippen LogP) is 3.59. The molecule has 4 nitrogen and oxygen atoms in total. The molecule has 1 atom stereocenters. The van der Waals surface area contributed by atoms with Gasteiger partial charge in [-0.15, -0.1) is 0 Å². The molecule has 1 N–H and O–H groups in total. The molecule has 1 heterocycles. The fourth-order valence-electron chi connectivity index (χ4n) is 2.86. The zero-order chi connectivity index (χ0) is 17.6. The number of nitrogens with zero attached hydrogens (tertiary/aromatic N) is 2. The number of nitrogens with one attached hydrogen (secondary N) is 1. The van der Waals surface area contributed by atoms with Gasteiger partial charge in [0.15, 0.2) is 5.96 Å². The summed E-state index contributed by atoms with van der Waals surface area (Å²) in [6.45, 7) is 10.4. The lowest BCUT2D eigenvalue weighted by molar-refractivity contribution is 0.414. The van der Waals surface area contributed by atoms with E-state index in [9.17, 15) is 0 Å². The number of guanidine groups is 1. The monoisotopic (exact) mass is 349 g/mol. The Morgan fingerprint density at radius 2 is 2.08 bits per heavy atom. The van der Waals surface area contributed by atoms with Gasteiger partial charge in [-0.3, -0.25) is 4.99 Å². The Kier molecular flexibility index (Phi) is 6.84. The van der Waals surface area contributed by atoms with Gasteiger partial charge in [0.25, 0.3) is 0 Å². The highest BCUT2D eigenvalue weighted by molar-refractivity contribution is 7.99. The van der Waals surface area contributed by atoms with Gasteiger partial charge in [-0.05, 0) is 51.1 Å². The molecular formula is C19H31N3OS. The number of hydrogen-bond acceptors (Lipinski definition) is 3. The van der Waals surface area contributed by atoms with Crippen LogP contribution in [0, 0.1) is 0 Å². The standard InChI is InChI=1S/C19H31N3OS/c1-6-20-18(21-14-19(2,3)24-5)22-12-11-16(13-22)15-7-9-17(23-4)10-8-15/h7-10,16H,6,11-14H2,1-5H3,(H,20,21). The lowest BCUT2D eigenvalue weighted by Crippen LogP contribution is -2.40. The molecule has 0 spiro atoms. The molecule has 0 amide bonds. The second-order valence-corrected chi connectivity index (χ2v) is 8.35. The number of rotatable bonds is 6. The van der Waals surface area contributed by atoms with Crippen molar-refractivity contribution in [3.05, 3.63) is 29.8 Å². The van der Waals surface area contributed by atoms with E-state index >= 15 is 0 Å². The third-order valence-electron chi connectivity index (χ3n) is 4.57. The summed E-state index contributed by atoms with van der Waals surface area (Å²) in [4.78, 5) is 7.28. The summed E-state index contributed by atoms with van der Waals surface area (Å²) in [7, 11) is 1.71. The number of methoxy groups -OCH3 is 1. The van der Waals surface area contributed by atoms with Gasteiger partial charge in [-0.25, -0.2) is 0 Å². The van der Waals surface area contributed by atoms with Crippen molar-refractivity contribution in [2.45, 2.75) is 37.9 Å². The van der Waals surface area contributed by atoms with Crippen LogP contribution < -0.4 is 10.1 Å². The normalized spacial score (nSPS) is 18.8. The number of benzene rings is 1. The van der Waals surface area contributed by atoms with Crippen LogP contribution in [0.3, 0.4) is 0 Å². The van der Waals surface area contributed by atoms with E-state index in [1.165, 1.54) is 12.0 Å². The SMILES string of the molecule is CCNC(=NCC(C)(C)SC)N1CCC(c2ccc(OC)cc2)C1. The number of ether oxygens (including phenoxy) is 1. The van der Waals surface area contributed by atoms with Gasteiger partial charge in [0.05, 0.1) is 13.7 Å². The summed E-state index contributed by atoms with van der Waals surface area (Å²) >= 11 is 1.87. The summed E-state index contributed by atoms with van der Waals surface area (Å²) < 4.78 is 5.43. The van der Waals surface area contributed by atoms with E-state index in [1.54, 1.807) is 7.11 Å². The van der Waals surface area contributed by atoms with E-state index in [4.69, 9.17) is 9.73 Å². The van der Waals surface area contributed by atoms with Crippen LogP contribution in [-0.4, -0.2) is 55.2 Å². The Labute approximate surface area is 151 Å². The second-order valence-electron chi connectivity index (χ2n) is 6.84. The largest absolute Gasteiger partial charge is 0.497 e. The fourth-order valence-corrected chi connectivity index (χ4v) is 3.05. The maximum atomic E-state index is 5.26. The van der Waals surface area contributed by atoms with E-state index in [-0.39, 0.29) is 4.75 Å². The molecule has 1 aromatic carbocycles. The molecule has 1 aromatic rings. The predicted molar refractivity (Wildman–Crippen MR) is 105 cm³/mol. The Hall–Kier alpha value is -1.36. The molecule has 1 saturated heterocycles. The van der Waals surface area contributed by atoms with Gasteiger partial charge in [0.1, 0.15) is 5.75 Å². The fraction of sp³-hybridized carbons (Fsp3) is 0.632. The highest BCUT2D eigenvalue weighted by atomic mass is 32.2. The average molecular weight is 350 g/mol. The Morgan fingerprint density at radius 3 is 2.67 bits per heavy atom. The lowest BCUT2D eigenvalue weighted by atomic mass is 9.98. The number of hydrogen-bond donors (Lipinski definition) is 1. The third kappa shape index (κ3) is 5.07. The summed E-state index contributed by atoms with van der Waals surface area (Å²) in [6.07, 6.45) is 3.32. The zero-order valence-electron chi connectivity index (χ0n) is 15.6. The topological polar surface area (TPSA) is 36.9 Å². The Morgan fingerprint density at radius 1 is 1.38 bits per heavy atom.